The van der Waals surface area contributed by atoms with Gasteiger partial charge in [-0.25, -0.2) is 4.79 Å². The zero-order chi connectivity index (χ0) is 15.2. The molecule has 0 radical (unpaired) electrons. The summed E-state index contributed by atoms with van der Waals surface area (Å²) in [6, 6.07) is -0.344. The van der Waals surface area contributed by atoms with E-state index in [9.17, 15) is 14.4 Å². The van der Waals surface area contributed by atoms with Crippen molar-refractivity contribution in [2.24, 2.45) is 5.92 Å². The first-order chi connectivity index (χ1) is 10.1. The van der Waals surface area contributed by atoms with Gasteiger partial charge in [0.15, 0.2) is 0 Å². The lowest BCUT2D eigenvalue weighted by atomic mass is 9.86. The van der Waals surface area contributed by atoms with E-state index in [0.717, 1.165) is 25.9 Å². The number of aliphatic carboxylic acids is 1. The van der Waals surface area contributed by atoms with Crippen LogP contribution in [0.3, 0.4) is 0 Å². The summed E-state index contributed by atoms with van der Waals surface area (Å²) >= 11 is 0. The molecule has 0 aromatic rings. The first-order valence-corrected chi connectivity index (χ1v) is 7.61. The van der Waals surface area contributed by atoms with Gasteiger partial charge in [-0.15, -0.1) is 0 Å². The SMILES string of the molecule is O=C(NCC(=O)N1CCCC1)NC1CCC(C(=O)O)CC1. The molecule has 0 spiro atoms. The Morgan fingerprint density at radius 3 is 2.24 bits per heavy atom. The van der Waals surface area contributed by atoms with E-state index in [2.05, 4.69) is 10.6 Å². The highest BCUT2D eigenvalue weighted by atomic mass is 16.4. The minimum absolute atomic E-state index is 0.00230. The second-order valence-corrected chi connectivity index (χ2v) is 5.80. The van der Waals surface area contributed by atoms with Gasteiger partial charge in [0.2, 0.25) is 5.91 Å². The topological polar surface area (TPSA) is 98.7 Å². The van der Waals surface area contributed by atoms with Crippen LogP contribution in [-0.2, 0) is 9.59 Å². The lowest BCUT2D eigenvalue weighted by Gasteiger charge is -2.27. The fourth-order valence-corrected chi connectivity index (χ4v) is 2.96. The molecule has 0 atom stereocenters. The summed E-state index contributed by atoms with van der Waals surface area (Å²) in [5.74, 6) is -1.09. The summed E-state index contributed by atoms with van der Waals surface area (Å²) in [5, 5.41) is 14.3. The highest BCUT2D eigenvalue weighted by Gasteiger charge is 2.26. The third-order valence-corrected chi connectivity index (χ3v) is 4.27. The van der Waals surface area contributed by atoms with Crippen molar-refractivity contribution < 1.29 is 19.5 Å². The van der Waals surface area contributed by atoms with Gasteiger partial charge < -0.3 is 20.6 Å². The Morgan fingerprint density at radius 1 is 1.05 bits per heavy atom. The maximum atomic E-state index is 11.8. The molecular formula is C14H23N3O4. The molecule has 118 valence electrons. The van der Waals surface area contributed by atoms with Crippen molar-refractivity contribution in [3.63, 3.8) is 0 Å². The predicted octanol–water partition coefficient (Wildman–Crippen LogP) is 0.551. The maximum absolute atomic E-state index is 11.8. The lowest BCUT2D eigenvalue weighted by molar-refractivity contribution is -0.142. The third kappa shape index (κ3) is 4.61. The molecule has 0 aromatic carbocycles. The number of urea groups is 1. The van der Waals surface area contributed by atoms with Crippen molar-refractivity contribution in [3.05, 3.63) is 0 Å². The largest absolute Gasteiger partial charge is 0.481 e. The second-order valence-electron chi connectivity index (χ2n) is 5.80. The van der Waals surface area contributed by atoms with Gasteiger partial charge in [0.25, 0.3) is 0 Å². The van der Waals surface area contributed by atoms with Crippen molar-refractivity contribution in [1.29, 1.82) is 0 Å². The molecule has 3 N–H and O–H groups in total. The Kier molecular flexibility index (Phi) is 5.41. The van der Waals surface area contributed by atoms with Crippen LogP contribution in [-0.4, -0.2) is 53.6 Å². The predicted molar refractivity (Wildman–Crippen MR) is 75.7 cm³/mol. The summed E-state index contributed by atoms with van der Waals surface area (Å²) in [7, 11) is 0. The molecule has 1 saturated heterocycles. The second kappa shape index (κ2) is 7.28. The van der Waals surface area contributed by atoms with Gasteiger partial charge in [0, 0.05) is 19.1 Å². The summed E-state index contributed by atoms with van der Waals surface area (Å²) in [6.07, 6.45) is 4.59. The monoisotopic (exact) mass is 297 g/mol. The number of rotatable bonds is 4. The van der Waals surface area contributed by atoms with Gasteiger partial charge in [-0.1, -0.05) is 0 Å². The summed E-state index contributed by atoms with van der Waals surface area (Å²) in [6.45, 7) is 1.58. The van der Waals surface area contributed by atoms with Crippen molar-refractivity contribution in [2.45, 2.75) is 44.6 Å². The molecule has 0 aromatic heterocycles. The van der Waals surface area contributed by atoms with E-state index in [4.69, 9.17) is 5.11 Å². The number of amides is 3. The number of carboxylic acids is 1. The highest BCUT2D eigenvalue weighted by Crippen LogP contribution is 2.24. The normalized spacial score (nSPS) is 25.4. The number of carbonyl (C=O) groups is 3. The van der Waals surface area contributed by atoms with Crippen molar-refractivity contribution >= 4 is 17.9 Å². The van der Waals surface area contributed by atoms with Gasteiger partial charge in [-0.05, 0) is 38.5 Å². The van der Waals surface area contributed by atoms with E-state index in [1.54, 1.807) is 4.90 Å². The van der Waals surface area contributed by atoms with E-state index in [0.29, 0.717) is 25.7 Å². The van der Waals surface area contributed by atoms with Crippen LogP contribution >= 0.6 is 0 Å². The Morgan fingerprint density at radius 2 is 1.67 bits per heavy atom. The van der Waals surface area contributed by atoms with Gasteiger partial charge in [0.05, 0.1) is 12.5 Å². The number of nitrogens with zero attached hydrogens (tertiary/aromatic N) is 1. The molecular weight excluding hydrogens is 274 g/mol. The van der Waals surface area contributed by atoms with E-state index < -0.39 is 5.97 Å². The highest BCUT2D eigenvalue weighted by molar-refractivity contribution is 5.84. The number of nitrogens with one attached hydrogen (secondary N) is 2. The molecule has 2 rings (SSSR count). The quantitative estimate of drug-likeness (QED) is 0.705. The average molecular weight is 297 g/mol. The molecule has 1 heterocycles. The molecule has 3 amide bonds. The lowest BCUT2D eigenvalue weighted by Crippen LogP contribution is -2.47. The first kappa shape index (κ1) is 15.6. The molecule has 2 aliphatic rings. The standard InChI is InChI=1S/C14H23N3O4/c18-12(17-7-1-2-8-17)9-15-14(21)16-11-5-3-10(4-6-11)13(19)20/h10-11H,1-9H2,(H,19,20)(H2,15,16,21). The molecule has 7 nitrogen and oxygen atoms in total. The third-order valence-electron chi connectivity index (χ3n) is 4.27. The molecule has 1 aliphatic carbocycles. The molecule has 1 aliphatic heterocycles. The smallest absolute Gasteiger partial charge is 0.315 e. The van der Waals surface area contributed by atoms with E-state index in [1.807, 2.05) is 0 Å². The number of carboxylic acid groups (broad SMARTS) is 1. The van der Waals surface area contributed by atoms with Crippen LogP contribution in [0.25, 0.3) is 0 Å². The molecule has 7 heteroatoms. The summed E-state index contributed by atoms with van der Waals surface area (Å²) in [4.78, 5) is 36.1. The number of hydrogen-bond acceptors (Lipinski definition) is 3. The molecule has 1 saturated carbocycles. The number of hydrogen-bond donors (Lipinski definition) is 3. The maximum Gasteiger partial charge on any atom is 0.315 e. The minimum atomic E-state index is -0.755. The zero-order valence-electron chi connectivity index (χ0n) is 12.1. The van der Waals surface area contributed by atoms with Crippen molar-refractivity contribution in [3.8, 4) is 0 Å². The van der Waals surface area contributed by atoms with Gasteiger partial charge in [-0.3, -0.25) is 9.59 Å². The van der Waals surface area contributed by atoms with Crippen LogP contribution in [0.2, 0.25) is 0 Å². The zero-order valence-corrected chi connectivity index (χ0v) is 12.1. The molecule has 0 unspecified atom stereocenters. The van der Waals surface area contributed by atoms with E-state index >= 15 is 0 Å². The fourth-order valence-electron chi connectivity index (χ4n) is 2.96. The van der Waals surface area contributed by atoms with Crippen LogP contribution in [0.1, 0.15) is 38.5 Å². The summed E-state index contributed by atoms with van der Waals surface area (Å²) in [5.41, 5.74) is 0. The Labute approximate surface area is 124 Å². The van der Waals surface area contributed by atoms with Crippen LogP contribution in [0.15, 0.2) is 0 Å². The Hall–Kier alpha value is -1.79. The van der Waals surface area contributed by atoms with Crippen molar-refractivity contribution in [1.82, 2.24) is 15.5 Å². The minimum Gasteiger partial charge on any atom is -0.481 e. The molecule has 21 heavy (non-hydrogen) atoms. The number of likely N-dealkylation sites (tertiary alicyclic amines) is 1. The average Bonchev–Trinajstić information content (AvgIpc) is 2.99. The van der Waals surface area contributed by atoms with E-state index in [-0.39, 0.29) is 30.4 Å². The summed E-state index contributed by atoms with van der Waals surface area (Å²) < 4.78 is 0. The van der Waals surface area contributed by atoms with Gasteiger partial charge in [0.1, 0.15) is 0 Å². The first-order valence-electron chi connectivity index (χ1n) is 7.61. The van der Waals surface area contributed by atoms with Crippen LogP contribution in [0.5, 0.6) is 0 Å². The van der Waals surface area contributed by atoms with Gasteiger partial charge >= 0.3 is 12.0 Å². The Balaban J connectivity index is 1.63. The van der Waals surface area contributed by atoms with Gasteiger partial charge in [-0.2, -0.15) is 0 Å². The number of carbonyl (C=O) groups excluding carboxylic acids is 2. The van der Waals surface area contributed by atoms with E-state index in [1.165, 1.54) is 0 Å². The Bertz CT molecular complexity index is 399. The molecule has 0 bridgehead atoms. The van der Waals surface area contributed by atoms with Crippen LogP contribution in [0.4, 0.5) is 4.79 Å². The fraction of sp³-hybridized carbons (Fsp3) is 0.786. The van der Waals surface area contributed by atoms with Crippen LogP contribution < -0.4 is 10.6 Å². The van der Waals surface area contributed by atoms with Crippen LogP contribution in [0, 0.1) is 5.92 Å². The molecule has 2 fully saturated rings. The van der Waals surface area contributed by atoms with Crippen molar-refractivity contribution in [2.75, 3.05) is 19.6 Å².